The second-order valence-corrected chi connectivity index (χ2v) is 13.5. The fourth-order valence-electron chi connectivity index (χ4n) is 5.19. The van der Waals surface area contributed by atoms with Crippen LogP contribution in [0.5, 0.6) is 5.75 Å². The van der Waals surface area contributed by atoms with Gasteiger partial charge in [0.1, 0.15) is 18.3 Å². The van der Waals surface area contributed by atoms with Crippen LogP contribution >= 0.6 is 11.8 Å². The summed E-state index contributed by atoms with van der Waals surface area (Å²) < 4.78 is 35.3. The molecule has 1 aliphatic rings. The maximum atomic E-state index is 14.2. The van der Waals surface area contributed by atoms with Crippen molar-refractivity contribution < 1.29 is 22.7 Å². The number of hydrogen-bond donors (Lipinski definition) is 1. The highest BCUT2D eigenvalue weighted by Gasteiger charge is 2.34. The Morgan fingerprint density at radius 3 is 2.28 bits per heavy atom. The lowest BCUT2D eigenvalue weighted by molar-refractivity contribution is -0.139. The first-order valence-electron chi connectivity index (χ1n) is 14.7. The quantitative estimate of drug-likeness (QED) is 0.242. The van der Waals surface area contributed by atoms with E-state index in [1.807, 2.05) is 44.4 Å². The molecule has 8 nitrogen and oxygen atoms in total. The number of thioether (sulfide) groups is 1. The highest BCUT2D eigenvalue weighted by Crippen LogP contribution is 2.33. The van der Waals surface area contributed by atoms with E-state index >= 15 is 0 Å². The third-order valence-electron chi connectivity index (χ3n) is 7.70. The molecule has 1 atom stereocenters. The Bertz CT molecular complexity index is 1490. The molecule has 1 unspecified atom stereocenters. The number of amides is 2. The molecule has 1 saturated carbocycles. The van der Waals surface area contributed by atoms with Gasteiger partial charge < -0.3 is 15.0 Å². The summed E-state index contributed by atoms with van der Waals surface area (Å²) in [6.45, 7) is 5.46. The average Bonchev–Trinajstić information content (AvgIpc) is 3.52. The topological polar surface area (TPSA) is 96.0 Å². The molecule has 2 amide bonds. The molecule has 10 heteroatoms. The minimum Gasteiger partial charge on any atom is -0.492 e. The first-order chi connectivity index (χ1) is 20.6. The summed E-state index contributed by atoms with van der Waals surface area (Å²) in [7, 11) is -4.20. The van der Waals surface area contributed by atoms with E-state index in [9.17, 15) is 18.0 Å². The third-order valence-corrected chi connectivity index (χ3v) is 10.2. The Balaban J connectivity index is 1.72. The third kappa shape index (κ3) is 8.12. The Labute approximate surface area is 259 Å². The van der Waals surface area contributed by atoms with Gasteiger partial charge in [-0.1, -0.05) is 54.8 Å². The number of nitrogens with one attached hydrogen (secondary N) is 1. The van der Waals surface area contributed by atoms with Gasteiger partial charge in [0, 0.05) is 17.5 Å². The highest BCUT2D eigenvalue weighted by atomic mass is 32.2. The normalized spacial score (nSPS) is 14.2. The van der Waals surface area contributed by atoms with Crippen LogP contribution in [0.1, 0.15) is 50.7 Å². The number of anilines is 1. The van der Waals surface area contributed by atoms with Crippen LogP contribution in [0, 0.1) is 6.92 Å². The zero-order valence-electron chi connectivity index (χ0n) is 25.3. The van der Waals surface area contributed by atoms with Crippen molar-refractivity contribution in [2.24, 2.45) is 0 Å². The maximum absolute atomic E-state index is 14.2. The van der Waals surface area contributed by atoms with Crippen LogP contribution in [0.25, 0.3) is 0 Å². The molecule has 3 aromatic rings. The lowest BCUT2D eigenvalue weighted by Crippen LogP contribution is -2.52. The predicted octanol–water partition coefficient (Wildman–Crippen LogP) is 5.79. The fraction of sp³-hybridized carbons (Fsp3) is 0.394. The minimum absolute atomic E-state index is 0.0570. The molecule has 0 bridgehead atoms. The van der Waals surface area contributed by atoms with Crippen molar-refractivity contribution in [1.82, 2.24) is 10.2 Å². The van der Waals surface area contributed by atoms with Crippen molar-refractivity contribution in [2.45, 2.75) is 74.9 Å². The van der Waals surface area contributed by atoms with Gasteiger partial charge in [-0.3, -0.25) is 13.9 Å². The number of hydrogen-bond acceptors (Lipinski definition) is 6. The molecule has 1 N–H and O–H groups in total. The second kappa shape index (κ2) is 14.8. The van der Waals surface area contributed by atoms with Crippen LogP contribution in [-0.4, -0.2) is 56.6 Å². The van der Waals surface area contributed by atoms with Gasteiger partial charge in [-0.15, -0.1) is 11.8 Å². The molecule has 43 heavy (non-hydrogen) atoms. The van der Waals surface area contributed by atoms with Crippen LogP contribution in [0.4, 0.5) is 5.69 Å². The van der Waals surface area contributed by atoms with Gasteiger partial charge in [0.25, 0.3) is 10.0 Å². The highest BCUT2D eigenvalue weighted by molar-refractivity contribution is 7.98. The lowest BCUT2D eigenvalue weighted by atomic mass is 10.1. The molecule has 230 valence electrons. The molecule has 0 aliphatic heterocycles. The number of rotatable bonds is 13. The molecular weight excluding hydrogens is 583 g/mol. The van der Waals surface area contributed by atoms with Crippen molar-refractivity contribution in [1.29, 1.82) is 0 Å². The molecule has 3 aromatic carbocycles. The van der Waals surface area contributed by atoms with Gasteiger partial charge >= 0.3 is 0 Å². The van der Waals surface area contributed by atoms with Gasteiger partial charge in [-0.25, -0.2) is 8.42 Å². The maximum Gasteiger partial charge on any atom is 0.264 e. The summed E-state index contributed by atoms with van der Waals surface area (Å²) in [5.74, 6) is -0.395. The van der Waals surface area contributed by atoms with Crippen LogP contribution < -0.4 is 14.4 Å². The van der Waals surface area contributed by atoms with Crippen molar-refractivity contribution in [3.05, 3.63) is 83.9 Å². The Hall–Kier alpha value is -3.50. The molecule has 1 aliphatic carbocycles. The summed E-state index contributed by atoms with van der Waals surface area (Å²) in [4.78, 5) is 30.1. The van der Waals surface area contributed by atoms with E-state index in [2.05, 4.69) is 5.32 Å². The number of ether oxygens (including phenoxy) is 1. The predicted molar refractivity (Wildman–Crippen MR) is 172 cm³/mol. The van der Waals surface area contributed by atoms with Crippen molar-refractivity contribution in [3.63, 3.8) is 0 Å². The molecule has 1 fully saturated rings. The average molecular weight is 624 g/mol. The Morgan fingerprint density at radius 1 is 1.00 bits per heavy atom. The van der Waals surface area contributed by atoms with Gasteiger partial charge in [-0.2, -0.15) is 0 Å². The van der Waals surface area contributed by atoms with Gasteiger partial charge in [0.05, 0.1) is 17.2 Å². The molecule has 0 heterocycles. The number of para-hydroxylation sites is 2. The first-order valence-corrected chi connectivity index (χ1v) is 17.3. The van der Waals surface area contributed by atoms with E-state index < -0.39 is 28.5 Å². The molecule has 0 saturated heterocycles. The summed E-state index contributed by atoms with van der Waals surface area (Å²) in [6.07, 6.45) is 5.88. The number of carbonyl (C=O) groups is 2. The van der Waals surface area contributed by atoms with E-state index in [4.69, 9.17) is 4.74 Å². The van der Waals surface area contributed by atoms with Crippen molar-refractivity contribution in [3.8, 4) is 5.75 Å². The second-order valence-electron chi connectivity index (χ2n) is 10.8. The van der Waals surface area contributed by atoms with Crippen LogP contribution in [0.15, 0.2) is 82.6 Å². The van der Waals surface area contributed by atoms with Crippen LogP contribution in [0.3, 0.4) is 0 Å². The van der Waals surface area contributed by atoms with Gasteiger partial charge in [0.15, 0.2) is 0 Å². The zero-order valence-corrected chi connectivity index (χ0v) is 26.9. The number of aryl methyl sites for hydroxylation is 1. The summed E-state index contributed by atoms with van der Waals surface area (Å²) in [5, 5.41) is 3.10. The molecule has 4 rings (SSSR count). The van der Waals surface area contributed by atoms with E-state index in [-0.39, 0.29) is 29.1 Å². The van der Waals surface area contributed by atoms with Crippen LogP contribution in [-0.2, 0) is 26.2 Å². The summed E-state index contributed by atoms with van der Waals surface area (Å²) in [5.41, 5.74) is 2.17. The van der Waals surface area contributed by atoms with Crippen LogP contribution in [0.2, 0.25) is 0 Å². The van der Waals surface area contributed by atoms with E-state index in [1.165, 1.54) is 16.7 Å². The molecule has 0 spiro atoms. The Morgan fingerprint density at radius 2 is 1.65 bits per heavy atom. The van der Waals surface area contributed by atoms with E-state index in [0.717, 1.165) is 46.0 Å². The Kier molecular flexibility index (Phi) is 11.2. The SMILES string of the molecule is CCOc1ccccc1N(CC(=O)N(Cc1ccc(C)cc1)C(C)C(=O)NC1CCCC1)S(=O)(=O)c1ccc(SC)cc1. The number of nitrogens with zero attached hydrogens (tertiary/aromatic N) is 2. The standard InChI is InChI=1S/C33H41N3O5S2/c1-5-41-31-13-9-8-12-30(31)36(43(39,40)29-20-18-28(42-4)19-21-29)23-32(37)35(22-26-16-14-24(2)15-17-26)25(3)33(38)34-27-10-6-7-11-27/h8-9,12-21,25,27H,5-7,10-11,22-23H2,1-4H3,(H,34,38). The van der Waals surface area contributed by atoms with Gasteiger partial charge in [0.2, 0.25) is 11.8 Å². The number of benzene rings is 3. The summed E-state index contributed by atoms with van der Waals surface area (Å²) in [6, 6.07) is 20.4. The van der Waals surface area contributed by atoms with Crippen molar-refractivity contribution in [2.75, 3.05) is 23.7 Å². The smallest absolute Gasteiger partial charge is 0.264 e. The monoisotopic (exact) mass is 623 g/mol. The largest absolute Gasteiger partial charge is 0.492 e. The number of sulfonamides is 1. The zero-order chi connectivity index (χ0) is 31.0. The van der Waals surface area contributed by atoms with Crippen molar-refractivity contribution >= 4 is 39.3 Å². The fourth-order valence-corrected chi connectivity index (χ4v) is 7.03. The molecular formula is C33H41N3O5S2. The van der Waals surface area contributed by atoms with E-state index in [0.29, 0.717) is 12.4 Å². The van der Waals surface area contributed by atoms with E-state index in [1.54, 1.807) is 55.5 Å². The number of carbonyl (C=O) groups excluding carboxylic acids is 2. The molecule has 0 radical (unpaired) electrons. The lowest BCUT2D eigenvalue weighted by Gasteiger charge is -2.33. The molecule has 0 aromatic heterocycles. The first kappa shape index (κ1) is 32.4. The summed E-state index contributed by atoms with van der Waals surface area (Å²) >= 11 is 1.51. The van der Waals surface area contributed by atoms with Gasteiger partial charge in [-0.05, 0) is 81.8 Å². The minimum atomic E-state index is -4.20.